The molecule has 0 fully saturated rings. The third-order valence-corrected chi connectivity index (χ3v) is 4.72. The highest BCUT2D eigenvalue weighted by atomic mass is 17.2. The molecule has 0 saturated carbocycles. The number of hydrogen-bond acceptors (Lipinski definition) is 3. The lowest BCUT2D eigenvalue weighted by molar-refractivity contribution is -0.388. The predicted molar refractivity (Wildman–Crippen MR) is 103 cm³/mol. The van der Waals surface area contributed by atoms with E-state index in [2.05, 4.69) is 20.8 Å². The molecule has 2 aromatic carbocycles. The second-order valence-electron chi connectivity index (χ2n) is 9.08. The minimum Gasteiger partial charge on any atom is -0.295 e. The first-order valence-electron chi connectivity index (χ1n) is 9.13. The van der Waals surface area contributed by atoms with E-state index in [1.165, 1.54) is 0 Å². The van der Waals surface area contributed by atoms with Gasteiger partial charge in [0, 0.05) is 5.56 Å². The number of rotatable bonds is 3. The molecule has 0 amide bonds. The van der Waals surface area contributed by atoms with Gasteiger partial charge in [-0.2, -0.15) is 0 Å². The molecule has 138 valence electrons. The van der Waals surface area contributed by atoms with Crippen molar-refractivity contribution < 1.29 is 14.6 Å². The first-order chi connectivity index (χ1) is 12.1. The summed E-state index contributed by atoms with van der Waals surface area (Å²) in [5.74, 6) is -0.232. The van der Waals surface area contributed by atoms with Gasteiger partial charge in [-0.05, 0) is 37.3 Å². The zero-order valence-electron chi connectivity index (χ0n) is 16.5. The molecule has 0 spiro atoms. The van der Waals surface area contributed by atoms with Gasteiger partial charge in [-0.3, -0.25) is 4.79 Å². The topological polar surface area (TPSA) is 35.5 Å². The molecule has 2 aromatic rings. The van der Waals surface area contributed by atoms with Crippen LogP contribution < -0.4 is 0 Å². The Hall–Kier alpha value is -1.97. The minimum atomic E-state index is -1.25. The molecule has 26 heavy (non-hydrogen) atoms. The van der Waals surface area contributed by atoms with Crippen LogP contribution in [0, 0.1) is 5.41 Å². The molecule has 1 aliphatic rings. The van der Waals surface area contributed by atoms with Crippen molar-refractivity contribution in [2.75, 3.05) is 0 Å². The van der Waals surface area contributed by atoms with E-state index >= 15 is 0 Å². The Kier molecular flexibility index (Phi) is 4.58. The number of ketones is 1. The lowest BCUT2D eigenvalue weighted by Crippen LogP contribution is -2.41. The van der Waals surface area contributed by atoms with E-state index in [4.69, 9.17) is 9.78 Å². The zero-order valence-corrected chi connectivity index (χ0v) is 16.5. The molecular formula is C23H28O3. The average Bonchev–Trinajstić information content (AvgIpc) is 2.82. The van der Waals surface area contributed by atoms with Crippen molar-refractivity contribution in [3.63, 3.8) is 0 Å². The highest BCUT2D eigenvalue weighted by Crippen LogP contribution is 2.54. The van der Waals surface area contributed by atoms with E-state index < -0.39 is 11.2 Å². The Morgan fingerprint density at radius 1 is 0.846 bits per heavy atom. The Bertz CT molecular complexity index is 796. The number of benzene rings is 2. The summed E-state index contributed by atoms with van der Waals surface area (Å²) in [5.41, 5.74) is 0.689. The summed E-state index contributed by atoms with van der Waals surface area (Å²) in [6, 6.07) is 17.6. The molecule has 0 heterocycles. The van der Waals surface area contributed by atoms with E-state index in [0.717, 1.165) is 16.7 Å². The van der Waals surface area contributed by atoms with Crippen LogP contribution in [0.15, 0.2) is 54.6 Å². The van der Waals surface area contributed by atoms with Crippen molar-refractivity contribution >= 4 is 5.78 Å². The highest BCUT2D eigenvalue weighted by molar-refractivity contribution is 6.02. The van der Waals surface area contributed by atoms with Crippen molar-refractivity contribution in [3.05, 3.63) is 71.3 Å². The van der Waals surface area contributed by atoms with Crippen LogP contribution in [0.1, 0.15) is 64.2 Å². The van der Waals surface area contributed by atoms with Gasteiger partial charge in [0.2, 0.25) is 5.60 Å². The van der Waals surface area contributed by atoms with Crippen molar-refractivity contribution in [2.24, 2.45) is 5.41 Å². The van der Waals surface area contributed by atoms with E-state index in [9.17, 15) is 4.79 Å². The van der Waals surface area contributed by atoms with Gasteiger partial charge in [-0.15, -0.1) is 0 Å². The SMILES string of the molecule is CC(C)(C)OO[C@@]1(c2ccccc2)C(=O)[C@H](C(C)(C)C)c2ccccc21. The van der Waals surface area contributed by atoms with Crippen LogP contribution >= 0.6 is 0 Å². The number of hydrogen-bond donors (Lipinski definition) is 0. The van der Waals surface area contributed by atoms with Crippen LogP contribution in [0.25, 0.3) is 0 Å². The standard InChI is InChI=1S/C23H28O3/c1-21(2,3)19-17-14-10-11-15-18(17)23(20(19)24,26-25-22(4,5)6)16-12-8-7-9-13-16/h7-15,19H,1-6H3/t19-,23-/m1/s1. The molecule has 3 nitrogen and oxygen atoms in total. The minimum absolute atomic E-state index is 0.0293. The normalized spacial score (nSPS) is 23.2. The maximum Gasteiger partial charge on any atom is 0.212 e. The summed E-state index contributed by atoms with van der Waals surface area (Å²) in [4.78, 5) is 25.6. The third-order valence-electron chi connectivity index (χ3n) is 4.72. The number of carbonyl (C=O) groups excluding carboxylic acids is 1. The van der Waals surface area contributed by atoms with Crippen molar-refractivity contribution in [1.82, 2.24) is 0 Å². The quantitative estimate of drug-likeness (QED) is 0.549. The molecule has 0 aliphatic heterocycles. The zero-order chi connectivity index (χ0) is 19.2. The Balaban J connectivity index is 2.25. The Morgan fingerprint density at radius 3 is 2.00 bits per heavy atom. The van der Waals surface area contributed by atoms with Gasteiger partial charge >= 0.3 is 0 Å². The van der Waals surface area contributed by atoms with E-state index in [-0.39, 0.29) is 17.1 Å². The van der Waals surface area contributed by atoms with Crippen molar-refractivity contribution in [1.29, 1.82) is 0 Å². The first kappa shape index (κ1) is 18.8. The number of carbonyl (C=O) groups is 1. The highest BCUT2D eigenvalue weighted by Gasteiger charge is 2.58. The number of Topliss-reactive ketones (excluding diaryl/α,β-unsaturated/α-hetero) is 1. The van der Waals surface area contributed by atoms with Crippen LogP contribution in [0.4, 0.5) is 0 Å². The third kappa shape index (κ3) is 3.10. The molecule has 0 unspecified atom stereocenters. The van der Waals surface area contributed by atoms with E-state index in [0.29, 0.717) is 0 Å². The Morgan fingerprint density at radius 2 is 1.42 bits per heavy atom. The average molecular weight is 352 g/mol. The molecule has 0 radical (unpaired) electrons. The largest absolute Gasteiger partial charge is 0.295 e. The first-order valence-corrected chi connectivity index (χ1v) is 9.13. The molecule has 0 aromatic heterocycles. The van der Waals surface area contributed by atoms with Gasteiger partial charge in [-0.1, -0.05) is 75.4 Å². The van der Waals surface area contributed by atoms with Gasteiger partial charge in [-0.25, -0.2) is 9.78 Å². The van der Waals surface area contributed by atoms with Gasteiger partial charge in [0.25, 0.3) is 0 Å². The lowest BCUT2D eigenvalue weighted by Gasteiger charge is -2.33. The van der Waals surface area contributed by atoms with Gasteiger partial charge in [0.1, 0.15) is 0 Å². The second-order valence-corrected chi connectivity index (χ2v) is 9.08. The van der Waals surface area contributed by atoms with Crippen LogP contribution in [-0.2, 0) is 20.2 Å². The molecular weight excluding hydrogens is 324 g/mol. The van der Waals surface area contributed by atoms with Crippen LogP contribution in [0.2, 0.25) is 0 Å². The fraction of sp³-hybridized carbons (Fsp3) is 0.435. The summed E-state index contributed by atoms with van der Waals surface area (Å²) >= 11 is 0. The molecule has 1 aliphatic carbocycles. The molecule has 3 rings (SSSR count). The van der Waals surface area contributed by atoms with Gasteiger partial charge in [0.05, 0.1) is 11.5 Å². The van der Waals surface area contributed by atoms with Crippen LogP contribution in [0.5, 0.6) is 0 Å². The Labute approximate surface area is 156 Å². The van der Waals surface area contributed by atoms with Crippen LogP contribution in [0.3, 0.4) is 0 Å². The summed E-state index contributed by atoms with van der Waals surface area (Å²) in [5, 5.41) is 0. The fourth-order valence-electron chi connectivity index (χ4n) is 3.70. The predicted octanol–water partition coefficient (Wildman–Crippen LogP) is 5.39. The molecule has 2 atom stereocenters. The maximum absolute atomic E-state index is 13.8. The van der Waals surface area contributed by atoms with Gasteiger partial charge < -0.3 is 0 Å². The summed E-state index contributed by atoms with van der Waals surface area (Å²) in [6.45, 7) is 12.0. The van der Waals surface area contributed by atoms with E-state index in [1.54, 1.807) is 0 Å². The molecule has 0 bridgehead atoms. The molecule has 0 N–H and O–H groups in total. The van der Waals surface area contributed by atoms with E-state index in [1.807, 2.05) is 75.4 Å². The van der Waals surface area contributed by atoms with Gasteiger partial charge in [0.15, 0.2) is 5.78 Å². The van der Waals surface area contributed by atoms with Crippen molar-refractivity contribution in [3.8, 4) is 0 Å². The summed E-state index contributed by atoms with van der Waals surface area (Å²) in [6.07, 6.45) is 0. The van der Waals surface area contributed by atoms with Crippen LogP contribution in [-0.4, -0.2) is 11.4 Å². The molecule has 3 heteroatoms. The maximum atomic E-state index is 13.8. The second kappa shape index (κ2) is 6.33. The summed E-state index contributed by atoms with van der Waals surface area (Å²) in [7, 11) is 0. The fourth-order valence-corrected chi connectivity index (χ4v) is 3.70. The van der Waals surface area contributed by atoms with Crippen molar-refractivity contribution in [2.45, 2.75) is 58.7 Å². The lowest BCUT2D eigenvalue weighted by atomic mass is 9.75. The molecule has 0 saturated heterocycles. The number of fused-ring (bicyclic) bond motifs is 1. The monoisotopic (exact) mass is 352 g/mol. The summed E-state index contributed by atoms with van der Waals surface area (Å²) < 4.78 is 0. The smallest absolute Gasteiger partial charge is 0.212 e.